The second-order valence-corrected chi connectivity index (χ2v) is 6.41. The lowest BCUT2D eigenvalue weighted by Gasteiger charge is -2.17. The van der Waals surface area contributed by atoms with Crippen LogP contribution in [0.4, 0.5) is 13.6 Å². The predicted molar refractivity (Wildman–Crippen MR) is 96.5 cm³/mol. The van der Waals surface area contributed by atoms with Gasteiger partial charge in [-0.15, -0.1) is 0 Å². The minimum atomic E-state index is -2.41. The van der Waals surface area contributed by atoms with E-state index in [0.29, 0.717) is 0 Å². The van der Waals surface area contributed by atoms with Crippen LogP contribution in [0.1, 0.15) is 24.0 Å². The van der Waals surface area contributed by atoms with E-state index in [0.717, 1.165) is 11.1 Å². The highest BCUT2D eigenvalue weighted by Gasteiger charge is 2.28. The summed E-state index contributed by atoms with van der Waals surface area (Å²) in [5, 5.41) is 5.25. The van der Waals surface area contributed by atoms with E-state index in [1.165, 1.54) is 11.1 Å². The number of hydrogen-bond acceptors (Lipinski definition) is 3. The lowest BCUT2D eigenvalue weighted by Crippen LogP contribution is -2.41. The van der Waals surface area contributed by atoms with Gasteiger partial charge in [0.25, 0.3) is 6.43 Å². The molecular formula is C20H22F2N2O2. The summed E-state index contributed by atoms with van der Waals surface area (Å²) >= 11 is 0. The zero-order chi connectivity index (χ0) is 18.5. The maximum absolute atomic E-state index is 12.2. The minimum Gasteiger partial charge on any atom is -0.449 e. The van der Waals surface area contributed by atoms with Crippen molar-refractivity contribution < 1.29 is 18.3 Å². The second kappa shape index (κ2) is 8.27. The number of alkyl carbamates (subject to hydrolysis) is 1. The fourth-order valence-electron chi connectivity index (χ4n) is 3.25. The van der Waals surface area contributed by atoms with E-state index >= 15 is 0 Å². The van der Waals surface area contributed by atoms with E-state index in [9.17, 15) is 13.6 Å². The molecular weight excluding hydrogens is 338 g/mol. The van der Waals surface area contributed by atoms with Crippen molar-refractivity contribution in [3.8, 4) is 11.1 Å². The molecule has 1 unspecified atom stereocenters. The first kappa shape index (κ1) is 18.3. The average Bonchev–Trinajstić information content (AvgIpc) is 2.97. The van der Waals surface area contributed by atoms with Crippen LogP contribution in [0.15, 0.2) is 48.5 Å². The molecule has 2 aromatic rings. The summed E-state index contributed by atoms with van der Waals surface area (Å²) in [6.07, 6.45) is -2.95. The largest absolute Gasteiger partial charge is 0.449 e. The van der Waals surface area contributed by atoms with E-state index in [4.69, 9.17) is 4.74 Å². The van der Waals surface area contributed by atoms with Crippen LogP contribution >= 0.6 is 0 Å². The monoisotopic (exact) mass is 360 g/mol. The van der Waals surface area contributed by atoms with Crippen molar-refractivity contribution in [3.63, 3.8) is 0 Å². The fourth-order valence-corrected chi connectivity index (χ4v) is 3.25. The van der Waals surface area contributed by atoms with Gasteiger partial charge in [-0.3, -0.25) is 0 Å². The molecule has 1 amide bonds. The van der Waals surface area contributed by atoms with Gasteiger partial charge in [-0.2, -0.15) is 0 Å². The molecule has 3 rings (SSSR count). The van der Waals surface area contributed by atoms with Crippen molar-refractivity contribution in [1.82, 2.24) is 10.6 Å². The Hall–Kier alpha value is -2.47. The third-order valence-electron chi connectivity index (χ3n) is 4.52. The van der Waals surface area contributed by atoms with Crippen LogP contribution in [0.2, 0.25) is 0 Å². The summed E-state index contributed by atoms with van der Waals surface area (Å²) in [6, 6.07) is 16.0. The topological polar surface area (TPSA) is 50.4 Å². The Labute approximate surface area is 151 Å². The molecule has 0 aliphatic heterocycles. The van der Waals surface area contributed by atoms with Crippen LogP contribution in [0, 0.1) is 0 Å². The third-order valence-corrected chi connectivity index (χ3v) is 4.52. The lowest BCUT2D eigenvalue weighted by atomic mass is 9.98. The number of carbonyl (C=O) groups excluding carboxylic acids is 1. The summed E-state index contributed by atoms with van der Waals surface area (Å²) in [7, 11) is 0. The normalized spacial score (nSPS) is 14.0. The third kappa shape index (κ3) is 4.19. The molecule has 1 aliphatic carbocycles. The molecule has 138 valence electrons. The van der Waals surface area contributed by atoms with Crippen LogP contribution in [-0.2, 0) is 4.74 Å². The molecule has 0 fully saturated rings. The molecule has 1 aliphatic rings. The number of benzene rings is 2. The highest BCUT2D eigenvalue weighted by molar-refractivity contribution is 5.79. The van der Waals surface area contributed by atoms with Crippen molar-refractivity contribution in [1.29, 1.82) is 0 Å². The summed E-state index contributed by atoms with van der Waals surface area (Å²) in [6.45, 7) is 1.79. The van der Waals surface area contributed by atoms with Gasteiger partial charge >= 0.3 is 6.09 Å². The SMILES string of the molecule is CC(CNC(=O)OCC1c2ccccc2-c2ccccc21)NCC(F)F. The number of ether oxygens (including phenoxy) is 1. The van der Waals surface area contributed by atoms with E-state index < -0.39 is 19.1 Å². The van der Waals surface area contributed by atoms with Gasteiger partial charge in [0.15, 0.2) is 0 Å². The van der Waals surface area contributed by atoms with E-state index in [-0.39, 0.29) is 25.1 Å². The van der Waals surface area contributed by atoms with Crippen molar-refractivity contribution in [2.24, 2.45) is 0 Å². The van der Waals surface area contributed by atoms with Gasteiger partial charge in [-0.1, -0.05) is 48.5 Å². The Bertz CT molecular complexity index is 721. The van der Waals surface area contributed by atoms with E-state index in [1.807, 2.05) is 24.3 Å². The highest BCUT2D eigenvalue weighted by atomic mass is 19.3. The number of hydrogen-bond donors (Lipinski definition) is 2. The molecule has 0 spiro atoms. The van der Waals surface area contributed by atoms with Crippen LogP contribution < -0.4 is 10.6 Å². The second-order valence-electron chi connectivity index (χ2n) is 6.41. The zero-order valence-electron chi connectivity index (χ0n) is 14.5. The Kier molecular flexibility index (Phi) is 5.83. The maximum Gasteiger partial charge on any atom is 0.407 e. The van der Waals surface area contributed by atoms with Gasteiger partial charge in [0.2, 0.25) is 0 Å². The lowest BCUT2D eigenvalue weighted by molar-refractivity contribution is 0.136. The average molecular weight is 360 g/mol. The predicted octanol–water partition coefficient (Wildman–Crippen LogP) is 3.77. The van der Waals surface area contributed by atoms with E-state index in [1.54, 1.807) is 6.92 Å². The van der Waals surface area contributed by atoms with Gasteiger partial charge in [-0.05, 0) is 29.2 Å². The van der Waals surface area contributed by atoms with E-state index in [2.05, 4.69) is 34.9 Å². The molecule has 0 aromatic heterocycles. The van der Waals surface area contributed by atoms with Crippen molar-refractivity contribution in [2.45, 2.75) is 25.3 Å². The van der Waals surface area contributed by atoms with Gasteiger partial charge < -0.3 is 15.4 Å². The van der Waals surface area contributed by atoms with Crippen LogP contribution in [0.25, 0.3) is 11.1 Å². The summed E-state index contributed by atoms with van der Waals surface area (Å²) < 4.78 is 29.7. The highest BCUT2D eigenvalue weighted by Crippen LogP contribution is 2.44. The first-order valence-corrected chi connectivity index (χ1v) is 8.66. The zero-order valence-corrected chi connectivity index (χ0v) is 14.5. The quantitative estimate of drug-likeness (QED) is 0.790. The number of carbonyl (C=O) groups is 1. The number of alkyl halides is 2. The van der Waals surface area contributed by atoms with Crippen LogP contribution in [0.3, 0.4) is 0 Å². The molecule has 4 nitrogen and oxygen atoms in total. The molecule has 1 atom stereocenters. The molecule has 2 N–H and O–H groups in total. The Morgan fingerprint density at radius 2 is 1.62 bits per heavy atom. The Morgan fingerprint density at radius 1 is 1.04 bits per heavy atom. The van der Waals surface area contributed by atoms with Gasteiger partial charge in [0.05, 0.1) is 6.54 Å². The standard InChI is InChI=1S/C20H22F2N2O2/c1-13(23-11-19(21)22)10-24-20(25)26-12-18-16-8-4-2-6-14(16)15-7-3-5-9-17(15)18/h2-9,13,18-19,23H,10-12H2,1H3,(H,24,25). The molecule has 26 heavy (non-hydrogen) atoms. The number of nitrogens with one attached hydrogen (secondary N) is 2. The molecule has 2 aromatic carbocycles. The molecule has 0 saturated carbocycles. The van der Waals surface area contributed by atoms with Gasteiger partial charge in [0.1, 0.15) is 6.61 Å². The van der Waals surface area contributed by atoms with Gasteiger partial charge in [0, 0.05) is 18.5 Å². The fraction of sp³-hybridized carbons (Fsp3) is 0.350. The van der Waals surface area contributed by atoms with Crippen LogP contribution in [-0.4, -0.2) is 38.3 Å². The van der Waals surface area contributed by atoms with Crippen molar-refractivity contribution >= 4 is 6.09 Å². The Balaban J connectivity index is 1.56. The Morgan fingerprint density at radius 3 is 2.19 bits per heavy atom. The molecule has 0 saturated heterocycles. The van der Waals surface area contributed by atoms with Crippen molar-refractivity contribution in [2.75, 3.05) is 19.7 Å². The number of amides is 1. The number of rotatable bonds is 7. The van der Waals surface area contributed by atoms with Gasteiger partial charge in [-0.25, -0.2) is 13.6 Å². The minimum absolute atomic E-state index is 0.00234. The summed E-state index contributed by atoms with van der Waals surface area (Å²) in [4.78, 5) is 12.0. The molecule has 6 heteroatoms. The summed E-state index contributed by atoms with van der Waals surface area (Å²) in [5.41, 5.74) is 4.63. The first-order valence-electron chi connectivity index (χ1n) is 8.66. The smallest absolute Gasteiger partial charge is 0.407 e. The summed E-state index contributed by atoms with van der Waals surface area (Å²) in [5.74, 6) is 0.00234. The van der Waals surface area contributed by atoms with Crippen LogP contribution in [0.5, 0.6) is 0 Å². The number of fused-ring (bicyclic) bond motifs is 3. The molecule has 0 radical (unpaired) electrons. The molecule has 0 heterocycles. The molecule has 0 bridgehead atoms. The number of halogens is 2. The maximum atomic E-state index is 12.2. The first-order chi connectivity index (χ1) is 12.6. The van der Waals surface area contributed by atoms with Crippen molar-refractivity contribution in [3.05, 3.63) is 59.7 Å².